The van der Waals surface area contributed by atoms with Gasteiger partial charge in [-0.25, -0.2) is 0 Å². The van der Waals surface area contributed by atoms with Gasteiger partial charge in [0, 0.05) is 0 Å². The Bertz CT molecular complexity index is 229. The molecule has 1 atom stereocenters. The Kier molecular flexibility index (Phi) is 2.52. The summed E-state index contributed by atoms with van der Waals surface area (Å²) in [6, 6.07) is 0. The molecule has 1 saturated carbocycles. The lowest BCUT2D eigenvalue weighted by molar-refractivity contribution is -0.191. The molecular weight excluding hydrogens is 180 g/mol. The summed E-state index contributed by atoms with van der Waals surface area (Å²) >= 11 is 0. The van der Waals surface area contributed by atoms with E-state index in [0.29, 0.717) is 12.3 Å². The molecule has 3 nitrogen and oxygen atoms in total. The summed E-state index contributed by atoms with van der Waals surface area (Å²) in [5.74, 6) is 0.432. The van der Waals surface area contributed by atoms with Crippen molar-refractivity contribution < 1.29 is 14.3 Å². The average molecular weight is 198 g/mol. The van der Waals surface area contributed by atoms with Crippen LogP contribution in [0.25, 0.3) is 0 Å². The molecule has 0 radical (unpaired) electrons. The SMILES string of the molecule is COC(=O)CC1OC2(C)CCC1CC2. The van der Waals surface area contributed by atoms with E-state index < -0.39 is 0 Å². The molecule has 3 rings (SSSR count). The van der Waals surface area contributed by atoms with Crippen molar-refractivity contribution in [3.63, 3.8) is 0 Å². The van der Waals surface area contributed by atoms with Gasteiger partial charge < -0.3 is 9.47 Å². The first-order chi connectivity index (χ1) is 6.63. The molecule has 0 spiro atoms. The Hall–Kier alpha value is -0.570. The summed E-state index contributed by atoms with van der Waals surface area (Å²) < 4.78 is 10.6. The largest absolute Gasteiger partial charge is 0.469 e. The number of rotatable bonds is 2. The highest BCUT2D eigenvalue weighted by Gasteiger charge is 2.44. The minimum atomic E-state index is -0.147. The van der Waals surface area contributed by atoms with Crippen molar-refractivity contribution >= 4 is 5.97 Å². The second kappa shape index (κ2) is 3.54. The number of carbonyl (C=O) groups excluding carboxylic acids is 1. The van der Waals surface area contributed by atoms with Crippen LogP contribution in [0.15, 0.2) is 0 Å². The number of fused-ring (bicyclic) bond motifs is 3. The molecule has 1 aliphatic carbocycles. The number of carbonyl (C=O) groups is 1. The smallest absolute Gasteiger partial charge is 0.308 e. The quantitative estimate of drug-likeness (QED) is 0.636. The van der Waals surface area contributed by atoms with Crippen LogP contribution in [0.4, 0.5) is 0 Å². The third-order valence-corrected chi connectivity index (χ3v) is 3.65. The van der Waals surface area contributed by atoms with E-state index in [1.165, 1.54) is 20.0 Å². The fourth-order valence-corrected chi connectivity index (χ4v) is 2.66. The van der Waals surface area contributed by atoms with Gasteiger partial charge in [-0.2, -0.15) is 0 Å². The predicted octanol–water partition coefficient (Wildman–Crippen LogP) is 1.90. The molecule has 3 fully saturated rings. The molecule has 0 aromatic rings. The first-order valence-corrected chi connectivity index (χ1v) is 5.38. The summed E-state index contributed by atoms with van der Waals surface area (Å²) in [6.45, 7) is 2.16. The van der Waals surface area contributed by atoms with E-state index in [4.69, 9.17) is 4.74 Å². The summed E-state index contributed by atoms with van der Waals surface area (Å²) in [4.78, 5) is 11.2. The zero-order chi connectivity index (χ0) is 10.2. The van der Waals surface area contributed by atoms with E-state index in [1.54, 1.807) is 0 Å². The van der Waals surface area contributed by atoms with Crippen LogP contribution >= 0.6 is 0 Å². The molecule has 2 bridgehead atoms. The molecule has 1 unspecified atom stereocenters. The minimum absolute atomic E-state index is 0.0352. The normalized spacial score (nSPS) is 41.0. The highest BCUT2D eigenvalue weighted by molar-refractivity contribution is 5.69. The van der Waals surface area contributed by atoms with Crippen LogP contribution in [0.1, 0.15) is 39.0 Å². The lowest BCUT2D eigenvalue weighted by Crippen LogP contribution is -2.49. The molecule has 3 aliphatic rings. The van der Waals surface area contributed by atoms with E-state index in [2.05, 4.69) is 11.7 Å². The van der Waals surface area contributed by atoms with Crippen LogP contribution in [0.2, 0.25) is 0 Å². The molecule has 0 amide bonds. The van der Waals surface area contributed by atoms with Gasteiger partial charge in [0.15, 0.2) is 0 Å². The van der Waals surface area contributed by atoms with Crippen molar-refractivity contribution in [1.29, 1.82) is 0 Å². The predicted molar refractivity (Wildman–Crippen MR) is 51.9 cm³/mol. The Morgan fingerprint density at radius 1 is 1.50 bits per heavy atom. The van der Waals surface area contributed by atoms with Crippen LogP contribution < -0.4 is 0 Å². The molecule has 80 valence electrons. The second-order valence-corrected chi connectivity index (χ2v) is 4.72. The molecule has 14 heavy (non-hydrogen) atoms. The zero-order valence-corrected chi connectivity index (χ0v) is 8.91. The molecule has 2 heterocycles. The number of ether oxygens (including phenoxy) is 2. The maximum Gasteiger partial charge on any atom is 0.308 e. The topological polar surface area (TPSA) is 35.5 Å². The fraction of sp³-hybridized carbons (Fsp3) is 0.909. The second-order valence-electron chi connectivity index (χ2n) is 4.72. The van der Waals surface area contributed by atoms with Crippen molar-refractivity contribution in [3.8, 4) is 0 Å². The summed E-state index contributed by atoms with van der Waals surface area (Å²) in [6.07, 6.45) is 5.24. The van der Waals surface area contributed by atoms with Crippen LogP contribution in [-0.4, -0.2) is 24.8 Å². The lowest BCUT2D eigenvalue weighted by Gasteiger charge is -2.49. The summed E-state index contributed by atoms with van der Waals surface area (Å²) in [5.41, 5.74) is 0.0352. The monoisotopic (exact) mass is 198 g/mol. The molecule has 0 aromatic heterocycles. The van der Waals surface area contributed by atoms with Gasteiger partial charge >= 0.3 is 5.97 Å². The Balaban J connectivity index is 1.97. The highest BCUT2D eigenvalue weighted by atomic mass is 16.5. The lowest BCUT2D eigenvalue weighted by atomic mass is 9.73. The van der Waals surface area contributed by atoms with Crippen molar-refractivity contribution in [2.24, 2.45) is 5.92 Å². The molecule has 2 saturated heterocycles. The van der Waals surface area contributed by atoms with E-state index in [9.17, 15) is 4.79 Å². The summed E-state index contributed by atoms with van der Waals surface area (Å²) in [7, 11) is 1.44. The Morgan fingerprint density at radius 3 is 2.64 bits per heavy atom. The number of hydrogen-bond donors (Lipinski definition) is 0. The first-order valence-electron chi connectivity index (χ1n) is 5.38. The number of esters is 1. The molecular formula is C11H18O3. The van der Waals surface area contributed by atoms with Gasteiger partial charge in [-0.05, 0) is 38.5 Å². The van der Waals surface area contributed by atoms with Crippen molar-refractivity contribution in [2.45, 2.75) is 50.7 Å². The van der Waals surface area contributed by atoms with Crippen LogP contribution in [0, 0.1) is 5.92 Å². The first kappa shape index (κ1) is 9.97. The van der Waals surface area contributed by atoms with Gasteiger partial charge in [0.25, 0.3) is 0 Å². The molecule has 0 N–H and O–H groups in total. The maximum atomic E-state index is 11.2. The molecule has 2 aliphatic heterocycles. The molecule has 0 aromatic carbocycles. The van der Waals surface area contributed by atoms with Gasteiger partial charge in [0.1, 0.15) is 0 Å². The number of hydrogen-bond acceptors (Lipinski definition) is 3. The van der Waals surface area contributed by atoms with E-state index >= 15 is 0 Å². The van der Waals surface area contributed by atoms with Gasteiger partial charge in [-0.3, -0.25) is 4.79 Å². The van der Waals surface area contributed by atoms with Gasteiger partial charge in [-0.1, -0.05) is 0 Å². The molecule has 3 heteroatoms. The minimum Gasteiger partial charge on any atom is -0.469 e. The third-order valence-electron chi connectivity index (χ3n) is 3.65. The van der Waals surface area contributed by atoms with Gasteiger partial charge in [-0.15, -0.1) is 0 Å². The Labute approximate surface area is 84.8 Å². The van der Waals surface area contributed by atoms with E-state index in [1.807, 2.05) is 0 Å². The van der Waals surface area contributed by atoms with Crippen molar-refractivity contribution in [1.82, 2.24) is 0 Å². The third kappa shape index (κ3) is 1.78. The van der Waals surface area contributed by atoms with E-state index in [-0.39, 0.29) is 17.7 Å². The van der Waals surface area contributed by atoms with Crippen LogP contribution in [-0.2, 0) is 14.3 Å². The van der Waals surface area contributed by atoms with Crippen molar-refractivity contribution in [3.05, 3.63) is 0 Å². The van der Waals surface area contributed by atoms with Gasteiger partial charge in [0.2, 0.25) is 0 Å². The Morgan fingerprint density at radius 2 is 2.14 bits per heavy atom. The van der Waals surface area contributed by atoms with Gasteiger partial charge in [0.05, 0.1) is 25.2 Å². The highest BCUT2D eigenvalue weighted by Crippen LogP contribution is 2.45. The zero-order valence-electron chi connectivity index (χ0n) is 8.91. The van der Waals surface area contributed by atoms with Crippen molar-refractivity contribution in [2.75, 3.05) is 7.11 Å². The van der Waals surface area contributed by atoms with Crippen LogP contribution in [0.5, 0.6) is 0 Å². The van der Waals surface area contributed by atoms with E-state index in [0.717, 1.165) is 12.8 Å². The standard InChI is InChI=1S/C11H18O3/c1-11-5-3-8(4-6-11)9(14-11)7-10(12)13-2/h8-9H,3-7H2,1-2H3. The maximum absolute atomic E-state index is 11.2. The number of methoxy groups -OCH3 is 1. The fourth-order valence-electron chi connectivity index (χ4n) is 2.66. The average Bonchev–Trinajstić information content (AvgIpc) is 2.18. The summed E-state index contributed by atoms with van der Waals surface area (Å²) in [5, 5.41) is 0. The van der Waals surface area contributed by atoms with Crippen LogP contribution in [0.3, 0.4) is 0 Å².